The van der Waals surface area contributed by atoms with E-state index in [1.807, 2.05) is 29.2 Å². The van der Waals surface area contributed by atoms with Crippen molar-refractivity contribution in [1.82, 2.24) is 15.1 Å². The smallest absolute Gasteiger partial charge is 0.238 e. The van der Waals surface area contributed by atoms with E-state index in [0.29, 0.717) is 12.5 Å². The Kier molecular flexibility index (Phi) is 6.63. The van der Waals surface area contributed by atoms with Crippen LogP contribution in [-0.2, 0) is 16.0 Å². The van der Waals surface area contributed by atoms with Gasteiger partial charge in [-0.1, -0.05) is 25.1 Å². The first-order valence-corrected chi connectivity index (χ1v) is 9.77. The lowest BCUT2D eigenvalue weighted by Gasteiger charge is -2.37. The molecule has 1 aromatic rings. The van der Waals surface area contributed by atoms with Gasteiger partial charge in [0.25, 0.3) is 0 Å². The van der Waals surface area contributed by atoms with Crippen LogP contribution >= 0.6 is 0 Å². The van der Waals surface area contributed by atoms with Crippen LogP contribution in [0.2, 0.25) is 0 Å². The second kappa shape index (κ2) is 9.14. The summed E-state index contributed by atoms with van der Waals surface area (Å²) in [7, 11) is 0. The lowest BCUT2D eigenvalue weighted by atomic mass is 9.96. The van der Waals surface area contributed by atoms with Crippen molar-refractivity contribution in [2.45, 2.75) is 26.2 Å². The minimum atomic E-state index is 0.0176. The maximum absolute atomic E-state index is 12.6. The van der Waals surface area contributed by atoms with Crippen molar-refractivity contribution in [3.05, 3.63) is 29.8 Å². The summed E-state index contributed by atoms with van der Waals surface area (Å²) in [6.45, 7) is 7.32. The van der Waals surface area contributed by atoms with Gasteiger partial charge < -0.3 is 15.5 Å². The lowest BCUT2D eigenvalue weighted by Crippen LogP contribution is -2.52. The Bertz CT molecular complexity index is 620. The number of aryl methyl sites for hydroxylation is 1. The highest BCUT2D eigenvalue weighted by Gasteiger charge is 2.28. The Morgan fingerprint density at radius 1 is 1.12 bits per heavy atom. The van der Waals surface area contributed by atoms with E-state index in [9.17, 15) is 9.59 Å². The van der Waals surface area contributed by atoms with Crippen molar-refractivity contribution in [3.8, 4) is 0 Å². The monoisotopic (exact) mass is 358 g/mol. The van der Waals surface area contributed by atoms with Gasteiger partial charge in [-0.3, -0.25) is 14.5 Å². The maximum Gasteiger partial charge on any atom is 0.238 e. The number of nitrogens with one attached hydrogen (secondary N) is 2. The van der Waals surface area contributed by atoms with Crippen LogP contribution in [-0.4, -0.2) is 67.4 Å². The number of benzene rings is 1. The molecule has 142 valence electrons. The molecule has 0 spiro atoms. The number of hydrogen-bond donors (Lipinski definition) is 2. The SMILES string of the molecule is CCc1ccccc1NC(=O)CN1CCN(C(=O)C2CCNCC2)CC1. The summed E-state index contributed by atoms with van der Waals surface area (Å²) < 4.78 is 0. The summed E-state index contributed by atoms with van der Waals surface area (Å²) in [6.07, 6.45) is 2.78. The number of piperazine rings is 1. The number of hydrogen-bond acceptors (Lipinski definition) is 4. The van der Waals surface area contributed by atoms with Gasteiger partial charge in [-0.2, -0.15) is 0 Å². The third-order valence-corrected chi connectivity index (χ3v) is 5.41. The van der Waals surface area contributed by atoms with E-state index < -0.39 is 0 Å². The van der Waals surface area contributed by atoms with Crippen molar-refractivity contribution in [3.63, 3.8) is 0 Å². The van der Waals surface area contributed by atoms with Crippen LogP contribution in [0.4, 0.5) is 5.69 Å². The summed E-state index contributed by atoms with van der Waals surface area (Å²) in [4.78, 5) is 29.1. The molecule has 2 saturated heterocycles. The molecule has 2 fully saturated rings. The molecule has 2 aliphatic rings. The zero-order valence-electron chi connectivity index (χ0n) is 15.7. The molecule has 0 aliphatic carbocycles. The second-order valence-corrected chi connectivity index (χ2v) is 7.18. The molecular formula is C20H30N4O2. The summed E-state index contributed by atoms with van der Waals surface area (Å²) in [6, 6.07) is 7.93. The van der Waals surface area contributed by atoms with Crippen molar-refractivity contribution in [1.29, 1.82) is 0 Å². The molecule has 6 nitrogen and oxygen atoms in total. The zero-order chi connectivity index (χ0) is 18.4. The minimum absolute atomic E-state index is 0.0176. The zero-order valence-corrected chi connectivity index (χ0v) is 15.7. The summed E-state index contributed by atoms with van der Waals surface area (Å²) in [5.74, 6) is 0.494. The molecule has 6 heteroatoms. The largest absolute Gasteiger partial charge is 0.340 e. The first-order valence-electron chi connectivity index (χ1n) is 9.77. The van der Waals surface area contributed by atoms with Crippen LogP contribution in [0, 0.1) is 5.92 Å². The standard InChI is InChI=1S/C20H30N4O2/c1-2-16-5-3-4-6-18(16)22-19(25)15-23-11-13-24(14-12-23)20(26)17-7-9-21-10-8-17/h3-6,17,21H,2,7-15H2,1H3,(H,22,25). The van der Waals surface area contributed by atoms with Crippen molar-refractivity contribution < 1.29 is 9.59 Å². The average Bonchev–Trinajstić information content (AvgIpc) is 2.69. The molecule has 0 saturated carbocycles. The molecule has 2 aliphatic heterocycles. The summed E-state index contributed by atoms with van der Waals surface area (Å²) in [5, 5.41) is 6.33. The van der Waals surface area contributed by atoms with E-state index in [1.165, 1.54) is 0 Å². The molecule has 3 rings (SSSR count). The third-order valence-electron chi connectivity index (χ3n) is 5.41. The molecule has 0 atom stereocenters. The molecule has 1 aromatic carbocycles. The normalized spacial score (nSPS) is 19.3. The van der Waals surface area contributed by atoms with E-state index in [2.05, 4.69) is 22.5 Å². The van der Waals surface area contributed by atoms with Crippen molar-refractivity contribution in [2.75, 3.05) is 51.1 Å². The topological polar surface area (TPSA) is 64.7 Å². The Morgan fingerprint density at radius 2 is 1.81 bits per heavy atom. The third kappa shape index (κ3) is 4.83. The average molecular weight is 358 g/mol. The van der Waals surface area contributed by atoms with Crippen LogP contribution in [0.1, 0.15) is 25.3 Å². The summed E-state index contributed by atoms with van der Waals surface area (Å²) in [5.41, 5.74) is 2.05. The van der Waals surface area contributed by atoms with Gasteiger partial charge in [0.1, 0.15) is 0 Å². The van der Waals surface area contributed by atoms with Gasteiger partial charge >= 0.3 is 0 Å². The highest BCUT2D eigenvalue weighted by atomic mass is 16.2. The fourth-order valence-corrected chi connectivity index (χ4v) is 3.80. The van der Waals surface area contributed by atoms with Crippen molar-refractivity contribution in [2.24, 2.45) is 5.92 Å². The molecule has 0 radical (unpaired) electrons. The van der Waals surface area contributed by atoms with Crippen molar-refractivity contribution >= 4 is 17.5 Å². The van der Waals surface area contributed by atoms with Crippen LogP contribution < -0.4 is 10.6 Å². The van der Waals surface area contributed by atoms with E-state index in [0.717, 1.165) is 69.8 Å². The van der Waals surface area contributed by atoms with E-state index in [1.54, 1.807) is 0 Å². The van der Waals surface area contributed by atoms with E-state index >= 15 is 0 Å². The number of nitrogens with zero attached hydrogens (tertiary/aromatic N) is 2. The highest BCUT2D eigenvalue weighted by molar-refractivity contribution is 5.93. The summed E-state index contributed by atoms with van der Waals surface area (Å²) >= 11 is 0. The number of carbonyl (C=O) groups excluding carboxylic acids is 2. The Balaban J connectivity index is 1.44. The highest BCUT2D eigenvalue weighted by Crippen LogP contribution is 2.17. The quantitative estimate of drug-likeness (QED) is 0.834. The Labute approximate surface area is 155 Å². The van der Waals surface area contributed by atoms with Gasteiger partial charge in [-0.05, 0) is 44.0 Å². The molecular weight excluding hydrogens is 328 g/mol. The minimum Gasteiger partial charge on any atom is -0.340 e. The molecule has 0 aromatic heterocycles. The van der Waals surface area contributed by atoms with Crippen LogP contribution in [0.3, 0.4) is 0 Å². The van der Waals surface area contributed by atoms with Gasteiger partial charge in [-0.15, -0.1) is 0 Å². The predicted molar refractivity (Wildman–Crippen MR) is 103 cm³/mol. The molecule has 2 heterocycles. The van der Waals surface area contributed by atoms with E-state index in [4.69, 9.17) is 0 Å². The van der Waals surface area contributed by atoms with Gasteiger partial charge in [0.05, 0.1) is 6.54 Å². The fraction of sp³-hybridized carbons (Fsp3) is 0.600. The fourth-order valence-electron chi connectivity index (χ4n) is 3.80. The second-order valence-electron chi connectivity index (χ2n) is 7.18. The lowest BCUT2D eigenvalue weighted by molar-refractivity contribution is -0.138. The Hall–Kier alpha value is -1.92. The first kappa shape index (κ1) is 18.9. The first-order chi connectivity index (χ1) is 12.7. The Morgan fingerprint density at radius 3 is 2.50 bits per heavy atom. The number of para-hydroxylation sites is 1. The number of carbonyl (C=O) groups is 2. The van der Waals surface area contributed by atoms with Gasteiger partial charge in [0, 0.05) is 37.8 Å². The van der Waals surface area contributed by atoms with Crippen LogP contribution in [0.5, 0.6) is 0 Å². The van der Waals surface area contributed by atoms with Crippen LogP contribution in [0.25, 0.3) is 0 Å². The van der Waals surface area contributed by atoms with Crippen LogP contribution in [0.15, 0.2) is 24.3 Å². The number of piperidine rings is 1. The van der Waals surface area contributed by atoms with Gasteiger partial charge in [0.15, 0.2) is 0 Å². The molecule has 0 bridgehead atoms. The molecule has 2 amide bonds. The van der Waals surface area contributed by atoms with Gasteiger partial charge in [-0.25, -0.2) is 0 Å². The maximum atomic E-state index is 12.6. The van der Waals surface area contributed by atoms with E-state index in [-0.39, 0.29) is 11.8 Å². The molecule has 2 N–H and O–H groups in total. The number of anilines is 1. The number of amides is 2. The molecule has 26 heavy (non-hydrogen) atoms. The molecule has 0 unspecified atom stereocenters. The van der Waals surface area contributed by atoms with Gasteiger partial charge in [0.2, 0.25) is 11.8 Å². The number of rotatable bonds is 5. The predicted octanol–water partition coefficient (Wildman–Crippen LogP) is 1.33.